The van der Waals surface area contributed by atoms with E-state index in [2.05, 4.69) is 53.3 Å². The van der Waals surface area contributed by atoms with Gasteiger partial charge in [-0.15, -0.1) is 0 Å². The molecule has 1 aliphatic rings. The predicted octanol–water partition coefficient (Wildman–Crippen LogP) is 4.60. The minimum Gasteiger partial charge on any atom is -0.497 e. The van der Waals surface area contributed by atoms with E-state index in [-0.39, 0.29) is 0 Å². The first-order chi connectivity index (χ1) is 12.3. The zero-order chi connectivity index (χ0) is 17.2. The lowest BCUT2D eigenvalue weighted by Gasteiger charge is -2.09. The van der Waals surface area contributed by atoms with Gasteiger partial charge in [0, 0.05) is 17.7 Å². The Morgan fingerprint density at radius 3 is 2.48 bits per heavy atom. The molecule has 0 aliphatic carbocycles. The summed E-state index contributed by atoms with van der Waals surface area (Å²) < 4.78 is 7.34. The van der Waals surface area contributed by atoms with Gasteiger partial charge < -0.3 is 10.1 Å². The van der Waals surface area contributed by atoms with E-state index < -0.39 is 0 Å². The number of aromatic nitrogens is 2. The highest BCUT2D eigenvalue weighted by Crippen LogP contribution is 2.34. The Balaban J connectivity index is 1.85. The normalized spacial score (nSPS) is 13.7. The van der Waals surface area contributed by atoms with Crippen LogP contribution in [0, 0.1) is 6.92 Å². The molecule has 25 heavy (non-hydrogen) atoms. The van der Waals surface area contributed by atoms with Crippen molar-refractivity contribution in [1.29, 1.82) is 0 Å². The number of methoxy groups -OCH3 is 1. The molecule has 4 heteroatoms. The SMILES string of the molecule is COc1ccc(-c2nn(-c3ccc(C)cc3)c3c2CCCCN3)cc1. The molecule has 2 heterocycles. The Hall–Kier alpha value is -2.75. The van der Waals surface area contributed by atoms with Gasteiger partial charge in [-0.05, 0) is 62.6 Å². The van der Waals surface area contributed by atoms with Crippen LogP contribution in [-0.4, -0.2) is 23.4 Å². The molecule has 4 rings (SSSR count). The maximum absolute atomic E-state index is 5.29. The fourth-order valence-electron chi connectivity index (χ4n) is 3.36. The van der Waals surface area contributed by atoms with E-state index in [1.807, 2.05) is 12.1 Å². The number of anilines is 1. The van der Waals surface area contributed by atoms with Crippen LogP contribution in [0.5, 0.6) is 5.75 Å². The summed E-state index contributed by atoms with van der Waals surface area (Å²) in [6.45, 7) is 3.10. The molecule has 0 spiro atoms. The van der Waals surface area contributed by atoms with Gasteiger partial charge >= 0.3 is 0 Å². The maximum atomic E-state index is 5.29. The molecule has 3 aromatic rings. The van der Waals surface area contributed by atoms with Gasteiger partial charge in [0.15, 0.2) is 0 Å². The van der Waals surface area contributed by atoms with E-state index in [4.69, 9.17) is 9.84 Å². The quantitative estimate of drug-likeness (QED) is 0.761. The molecular weight excluding hydrogens is 310 g/mol. The third-order valence-electron chi connectivity index (χ3n) is 4.77. The maximum Gasteiger partial charge on any atom is 0.133 e. The molecule has 2 aromatic carbocycles. The van der Waals surface area contributed by atoms with Gasteiger partial charge in [0.25, 0.3) is 0 Å². The van der Waals surface area contributed by atoms with Crippen molar-refractivity contribution in [3.05, 3.63) is 59.7 Å². The van der Waals surface area contributed by atoms with Gasteiger partial charge in [0.1, 0.15) is 11.6 Å². The number of fused-ring (bicyclic) bond motifs is 1. The summed E-state index contributed by atoms with van der Waals surface area (Å²) in [7, 11) is 1.69. The van der Waals surface area contributed by atoms with Gasteiger partial charge in [-0.2, -0.15) is 5.10 Å². The first kappa shape index (κ1) is 15.8. The lowest BCUT2D eigenvalue weighted by atomic mass is 10.0. The van der Waals surface area contributed by atoms with Gasteiger partial charge in [-0.3, -0.25) is 0 Å². The van der Waals surface area contributed by atoms with Crippen molar-refractivity contribution in [1.82, 2.24) is 9.78 Å². The summed E-state index contributed by atoms with van der Waals surface area (Å²) in [6, 6.07) is 16.7. The average Bonchev–Trinajstić information content (AvgIpc) is 2.84. The Labute approximate surface area is 148 Å². The minimum atomic E-state index is 0.867. The van der Waals surface area contributed by atoms with Gasteiger partial charge in [0.2, 0.25) is 0 Å². The molecule has 0 saturated heterocycles. The summed E-state index contributed by atoms with van der Waals surface area (Å²) in [5.74, 6) is 2.00. The molecule has 1 aromatic heterocycles. The number of aryl methyl sites for hydroxylation is 1. The Morgan fingerprint density at radius 2 is 1.76 bits per heavy atom. The van der Waals surface area contributed by atoms with Crippen LogP contribution in [0.2, 0.25) is 0 Å². The number of nitrogens with one attached hydrogen (secondary N) is 1. The summed E-state index contributed by atoms with van der Waals surface area (Å²) in [5, 5.41) is 8.57. The summed E-state index contributed by atoms with van der Waals surface area (Å²) in [4.78, 5) is 0. The monoisotopic (exact) mass is 333 g/mol. The number of benzene rings is 2. The van der Waals surface area contributed by atoms with E-state index in [0.717, 1.165) is 41.5 Å². The summed E-state index contributed by atoms with van der Waals surface area (Å²) in [6.07, 6.45) is 3.42. The molecule has 0 fully saturated rings. The first-order valence-electron chi connectivity index (χ1n) is 8.83. The topological polar surface area (TPSA) is 39.1 Å². The smallest absolute Gasteiger partial charge is 0.133 e. The molecule has 0 bridgehead atoms. The van der Waals surface area contributed by atoms with E-state index in [1.54, 1.807) is 7.11 Å². The second-order valence-electron chi connectivity index (χ2n) is 6.54. The fraction of sp³-hybridized carbons (Fsp3) is 0.286. The van der Waals surface area contributed by atoms with Crippen molar-refractivity contribution >= 4 is 5.82 Å². The Morgan fingerprint density at radius 1 is 1.00 bits per heavy atom. The van der Waals surface area contributed by atoms with Crippen molar-refractivity contribution in [2.75, 3.05) is 19.0 Å². The van der Waals surface area contributed by atoms with E-state index >= 15 is 0 Å². The molecule has 1 N–H and O–H groups in total. The molecule has 0 radical (unpaired) electrons. The molecule has 0 atom stereocenters. The molecule has 4 nitrogen and oxygen atoms in total. The van der Waals surface area contributed by atoms with Crippen LogP contribution < -0.4 is 10.1 Å². The lowest BCUT2D eigenvalue weighted by molar-refractivity contribution is 0.415. The van der Waals surface area contributed by atoms with Crippen molar-refractivity contribution in [2.45, 2.75) is 26.2 Å². The lowest BCUT2D eigenvalue weighted by Crippen LogP contribution is -2.07. The second kappa shape index (κ2) is 6.63. The van der Waals surface area contributed by atoms with Crippen LogP contribution in [-0.2, 0) is 6.42 Å². The van der Waals surface area contributed by atoms with Crippen molar-refractivity contribution < 1.29 is 4.74 Å². The third kappa shape index (κ3) is 3.00. The van der Waals surface area contributed by atoms with Crippen molar-refractivity contribution in [3.63, 3.8) is 0 Å². The van der Waals surface area contributed by atoms with Crippen LogP contribution in [0.25, 0.3) is 16.9 Å². The summed E-state index contributed by atoms with van der Waals surface area (Å²) in [5.41, 5.74) is 5.85. The highest BCUT2D eigenvalue weighted by atomic mass is 16.5. The highest BCUT2D eigenvalue weighted by Gasteiger charge is 2.21. The largest absolute Gasteiger partial charge is 0.497 e. The van der Waals surface area contributed by atoms with Crippen molar-refractivity contribution in [3.8, 4) is 22.7 Å². The number of nitrogens with zero attached hydrogens (tertiary/aromatic N) is 2. The van der Waals surface area contributed by atoms with Crippen LogP contribution in [0.3, 0.4) is 0 Å². The minimum absolute atomic E-state index is 0.867. The summed E-state index contributed by atoms with van der Waals surface area (Å²) >= 11 is 0. The molecular formula is C21H23N3O. The highest BCUT2D eigenvalue weighted by molar-refractivity contribution is 5.71. The number of hydrogen-bond acceptors (Lipinski definition) is 3. The molecule has 128 valence electrons. The zero-order valence-electron chi connectivity index (χ0n) is 14.7. The Kier molecular flexibility index (Phi) is 4.18. The third-order valence-corrected chi connectivity index (χ3v) is 4.77. The Bertz CT molecular complexity index is 863. The van der Waals surface area contributed by atoms with Crippen LogP contribution in [0.15, 0.2) is 48.5 Å². The van der Waals surface area contributed by atoms with Gasteiger partial charge in [0.05, 0.1) is 18.5 Å². The van der Waals surface area contributed by atoms with Crippen molar-refractivity contribution in [2.24, 2.45) is 0 Å². The van der Waals surface area contributed by atoms with Crippen LogP contribution in [0.4, 0.5) is 5.82 Å². The van der Waals surface area contributed by atoms with E-state index in [9.17, 15) is 0 Å². The fourth-order valence-corrected chi connectivity index (χ4v) is 3.36. The van der Waals surface area contributed by atoms with Crippen LogP contribution >= 0.6 is 0 Å². The average molecular weight is 333 g/mol. The second-order valence-corrected chi connectivity index (χ2v) is 6.54. The number of hydrogen-bond donors (Lipinski definition) is 1. The standard InChI is InChI=1S/C21H23N3O/c1-15-6-10-17(11-7-15)24-21-19(5-3-4-14-22-21)20(23-24)16-8-12-18(25-2)13-9-16/h6-13,22H,3-5,14H2,1-2H3. The first-order valence-corrected chi connectivity index (χ1v) is 8.83. The zero-order valence-corrected chi connectivity index (χ0v) is 14.7. The van der Waals surface area contributed by atoms with Gasteiger partial charge in [-0.25, -0.2) is 4.68 Å². The molecule has 1 aliphatic heterocycles. The van der Waals surface area contributed by atoms with E-state index in [1.165, 1.54) is 24.0 Å². The molecule has 0 amide bonds. The predicted molar refractivity (Wildman–Crippen MR) is 102 cm³/mol. The number of ether oxygens (including phenoxy) is 1. The molecule has 0 unspecified atom stereocenters. The van der Waals surface area contributed by atoms with E-state index in [0.29, 0.717) is 0 Å². The van der Waals surface area contributed by atoms with Gasteiger partial charge in [-0.1, -0.05) is 17.7 Å². The molecule has 0 saturated carbocycles. The van der Waals surface area contributed by atoms with Crippen LogP contribution in [0.1, 0.15) is 24.0 Å². The number of rotatable bonds is 3.